The average Bonchev–Trinajstić information content (AvgIpc) is 3.54. The van der Waals surface area contributed by atoms with E-state index in [0.717, 1.165) is 31.8 Å². The molecule has 1 saturated carbocycles. The number of piperazine rings is 1. The number of likely N-dealkylation sites (N-methyl/N-ethyl adjacent to an activating group) is 1. The van der Waals surface area contributed by atoms with Gasteiger partial charge in [0.25, 0.3) is 5.69 Å². The Bertz CT molecular complexity index is 873. The van der Waals surface area contributed by atoms with E-state index >= 15 is 0 Å². The molecule has 0 bridgehead atoms. The molecule has 0 unspecified atom stereocenters. The number of anilines is 1. The lowest BCUT2D eigenvalue weighted by Gasteiger charge is -2.33. The topological polar surface area (TPSA) is 99.0 Å². The van der Waals surface area contributed by atoms with E-state index in [0.29, 0.717) is 31.9 Å². The monoisotopic (exact) mass is 437 g/mol. The molecule has 1 aromatic carbocycles. The number of nitrogens with one attached hydrogen (secondary N) is 1. The van der Waals surface area contributed by atoms with Crippen LogP contribution in [0.15, 0.2) is 23.1 Å². The molecule has 30 heavy (non-hydrogen) atoms. The van der Waals surface area contributed by atoms with Crippen LogP contribution in [0.3, 0.4) is 0 Å². The van der Waals surface area contributed by atoms with Gasteiger partial charge in [-0.2, -0.15) is 4.31 Å². The summed E-state index contributed by atoms with van der Waals surface area (Å²) in [7, 11) is -1.79. The van der Waals surface area contributed by atoms with Gasteiger partial charge in [0, 0.05) is 57.9 Å². The second-order valence-electron chi connectivity index (χ2n) is 8.81. The third-order valence-corrected chi connectivity index (χ3v) is 8.32. The predicted molar refractivity (Wildman–Crippen MR) is 115 cm³/mol. The molecule has 2 heterocycles. The van der Waals surface area contributed by atoms with Crippen molar-refractivity contribution in [3.05, 3.63) is 28.3 Å². The van der Waals surface area contributed by atoms with E-state index in [9.17, 15) is 18.5 Å². The number of nitro benzene ring substituents is 1. The molecule has 4 rings (SSSR count). The van der Waals surface area contributed by atoms with E-state index in [4.69, 9.17) is 0 Å². The molecular weight excluding hydrogens is 406 g/mol. The van der Waals surface area contributed by atoms with E-state index < -0.39 is 14.9 Å². The maximum atomic E-state index is 13.0. The summed E-state index contributed by atoms with van der Waals surface area (Å²) < 4.78 is 27.3. The summed E-state index contributed by atoms with van der Waals surface area (Å²) in [6, 6.07) is 4.42. The van der Waals surface area contributed by atoms with Crippen molar-refractivity contribution in [3.8, 4) is 0 Å². The second-order valence-corrected chi connectivity index (χ2v) is 10.7. The smallest absolute Gasteiger partial charge is 0.293 e. The Hall–Kier alpha value is -1.75. The van der Waals surface area contributed by atoms with Gasteiger partial charge in [0.05, 0.1) is 9.82 Å². The van der Waals surface area contributed by atoms with E-state index in [1.54, 1.807) is 6.07 Å². The van der Waals surface area contributed by atoms with Gasteiger partial charge in [-0.3, -0.25) is 10.1 Å². The highest BCUT2D eigenvalue weighted by molar-refractivity contribution is 7.89. The SMILES string of the molecule is CN1CCN(S(=O)(=O)c2ccc(NC3CCN(CC4CC4)CC3)c([N+](=O)[O-])c2)CC1. The van der Waals surface area contributed by atoms with Crippen molar-refractivity contribution < 1.29 is 13.3 Å². The Morgan fingerprint density at radius 1 is 1.07 bits per heavy atom. The first-order chi connectivity index (χ1) is 14.3. The van der Waals surface area contributed by atoms with E-state index in [1.165, 1.54) is 35.8 Å². The molecule has 1 N–H and O–H groups in total. The molecule has 0 spiro atoms. The highest BCUT2D eigenvalue weighted by Crippen LogP contribution is 2.33. The lowest BCUT2D eigenvalue weighted by molar-refractivity contribution is -0.384. The fourth-order valence-electron chi connectivity index (χ4n) is 4.27. The van der Waals surface area contributed by atoms with Crippen molar-refractivity contribution in [1.82, 2.24) is 14.1 Å². The van der Waals surface area contributed by atoms with Gasteiger partial charge in [0.2, 0.25) is 10.0 Å². The molecule has 1 aromatic rings. The zero-order valence-corrected chi connectivity index (χ0v) is 18.3. The van der Waals surface area contributed by atoms with Crippen molar-refractivity contribution in [3.63, 3.8) is 0 Å². The summed E-state index contributed by atoms with van der Waals surface area (Å²) in [6.07, 6.45) is 4.55. The minimum absolute atomic E-state index is 0.0106. The average molecular weight is 438 g/mol. The molecule has 0 amide bonds. The first-order valence-electron chi connectivity index (χ1n) is 10.8. The lowest BCUT2D eigenvalue weighted by atomic mass is 10.0. The van der Waals surface area contributed by atoms with Crippen LogP contribution in [0.25, 0.3) is 0 Å². The molecule has 2 aliphatic heterocycles. The predicted octanol–water partition coefficient (Wildman–Crippen LogP) is 1.82. The fourth-order valence-corrected chi connectivity index (χ4v) is 5.71. The number of benzene rings is 1. The van der Waals surface area contributed by atoms with Gasteiger partial charge in [-0.05, 0) is 50.8 Å². The fraction of sp³-hybridized carbons (Fsp3) is 0.700. The Kier molecular flexibility index (Phi) is 6.29. The normalized spacial score (nSPS) is 22.8. The van der Waals surface area contributed by atoms with Crippen LogP contribution >= 0.6 is 0 Å². The van der Waals surface area contributed by atoms with Gasteiger partial charge in [0.15, 0.2) is 0 Å². The Balaban J connectivity index is 1.45. The first kappa shape index (κ1) is 21.5. The Morgan fingerprint density at radius 3 is 2.33 bits per heavy atom. The molecule has 166 valence electrons. The minimum atomic E-state index is -3.74. The molecule has 1 aliphatic carbocycles. The van der Waals surface area contributed by atoms with Crippen LogP contribution in [0.5, 0.6) is 0 Å². The molecule has 0 atom stereocenters. The number of rotatable bonds is 7. The number of sulfonamides is 1. The molecule has 9 nitrogen and oxygen atoms in total. The van der Waals surface area contributed by atoms with Crippen LogP contribution in [0.4, 0.5) is 11.4 Å². The molecule has 3 fully saturated rings. The summed E-state index contributed by atoms with van der Waals surface area (Å²) in [5.41, 5.74) is 0.226. The zero-order valence-electron chi connectivity index (χ0n) is 17.5. The van der Waals surface area contributed by atoms with Crippen molar-refractivity contribution >= 4 is 21.4 Å². The van der Waals surface area contributed by atoms with E-state index in [2.05, 4.69) is 15.1 Å². The number of hydrogen-bond acceptors (Lipinski definition) is 7. The number of nitro groups is 1. The third kappa shape index (κ3) is 4.93. The largest absolute Gasteiger partial charge is 0.377 e. The van der Waals surface area contributed by atoms with Crippen molar-refractivity contribution in [2.45, 2.75) is 36.6 Å². The van der Waals surface area contributed by atoms with Crippen LogP contribution in [0, 0.1) is 16.0 Å². The van der Waals surface area contributed by atoms with Gasteiger partial charge >= 0.3 is 0 Å². The zero-order chi connectivity index (χ0) is 21.3. The molecule has 0 aromatic heterocycles. The van der Waals surface area contributed by atoms with E-state index in [-0.39, 0.29) is 16.6 Å². The number of piperidine rings is 1. The molecule has 0 radical (unpaired) electrons. The molecular formula is C20H31N5O4S. The summed E-state index contributed by atoms with van der Waals surface area (Å²) in [5.74, 6) is 0.866. The van der Waals surface area contributed by atoms with Gasteiger partial charge in [-0.1, -0.05) is 0 Å². The van der Waals surface area contributed by atoms with Crippen molar-refractivity contribution in [1.29, 1.82) is 0 Å². The standard InChI is InChI=1S/C20H31N5O4S/c1-22-10-12-24(13-11-22)30(28,29)18-4-5-19(20(14-18)25(26)27)21-17-6-8-23(9-7-17)15-16-2-3-16/h4-5,14,16-17,21H,2-3,6-13,15H2,1H3. The summed E-state index contributed by atoms with van der Waals surface area (Å²) in [5, 5.41) is 15.0. The minimum Gasteiger partial charge on any atom is -0.377 e. The molecule has 10 heteroatoms. The number of hydrogen-bond donors (Lipinski definition) is 1. The molecule has 2 saturated heterocycles. The van der Waals surface area contributed by atoms with Crippen LogP contribution in [-0.4, -0.2) is 86.3 Å². The van der Waals surface area contributed by atoms with Crippen LogP contribution in [0.2, 0.25) is 0 Å². The van der Waals surface area contributed by atoms with Gasteiger partial charge in [-0.15, -0.1) is 0 Å². The third-order valence-electron chi connectivity index (χ3n) is 6.43. The Morgan fingerprint density at radius 2 is 1.73 bits per heavy atom. The van der Waals surface area contributed by atoms with Gasteiger partial charge < -0.3 is 15.1 Å². The van der Waals surface area contributed by atoms with Crippen molar-refractivity contribution in [2.24, 2.45) is 5.92 Å². The summed E-state index contributed by atoms with van der Waals surface area (Å²) >= 11 is 0. The number of likely N-dealkylation sites (tertiary alicyclic amines) is 1. The maximum Gasteiger partial charge on any atom is 0.293 e. The maximum absolute atomic E-state index is 13.0. The highest BCUT2D eigenvalue weighted by atomic mass is 32.2. The quantitative estimate of drug-likeness (QED) is 0.513. The van der Waals surface area contributed by atoms with Crippen LogP contribution in [-0.2, 0) is 10.0 Å². The second kappa shape index (κ2) is 8.78. The lowest BCUT2D eigenvalue weighted by Crippen LogP contribution is -2.47. The first-order valence-corrected chi connectivity index (χ1v) is 12.2. The van der Waals surface area contributed by atoms with Crippen LogP contribution < -0.4 is 5.32 Å². The summed E-state index contributed by atoms with van der Waals surface area (Å²) in [4.78, 5) is 15.7. The summed E-state index contributed by atoms with van der Waals surface area (Å²) in [6.45, 7) is 5.26. The van der Waals surface area contributed by atoms with Gasteiger partial charge in [-0.25, -0.2) is 8.42 Å². The highest BCUT2D eigenvalue weighted by Gasteiger charge is 2.31. The Labute approximate surface area is 178 Å². The number of nitrogens with zero attached hydrogens (tertiary/aromatic N) is 4. The van der Waals surface area contributed by atoms with Crippen LogP contribution in [0.1, 0.15) is 25.7 Å². The van der Waals surface area contributed by atoms with Gasteiger partial charge in [0.1, 0.15) is 5.69 Å². The van der Waals surface area contributed by atoms with E-state index in [1.807, 2.05) is 7.05 Å². The molecule has 3 aliphatic rings. The van der Waals surface area contributed by atoms with Crippen molar-refractivity contribution in [2.75, 3.05) is 58.2 Å².